The molecule has 4 rings (SSSR count). The number of anilines is 1. The number of benzene rings is 2. The second-order valence-corrected chi connectivity index (χ2v) is 8.25. The highest BCUT2D eigenvalue weighted by molar-refractivity contribution is 9.10. The van der Waals surface area contributed by atoms with E-state index in [1.165, 1.54) is 4.52 Å². The molecule has 0 aliphatic carbocycles. The van der Waals surface area contributed by atoms with E-state index in [-0.39, 0.29) is 17.9 Å². The van der Waals surface area contributed by atoms with Gasteiger partial charge in [0.25, 0.3) is 5.56 Å². The van der Waals surface area contributed by atoms with Gasteiger partial charge in [-0.25, -0.2) is 0 Å². The first-order valence-corrected chi connectivity index (χ1v) is 11.0. The lowest BCUT2D eigenvalue weighted by molar-refractivity contribution is -0.116. The van der Waals surface area contributed by atoms with E-state index in [2.05, 4.69) is 37.9 Å². The molecule has 7 nitrogen and oxygen atoms in total. The van der Waals surface area contributed by atoms with Gasteiger partial charge in [0.05, 0.1) is 0 Å². The molecule has 2 aromatic heterocycles. The summed E-state index contributed by atoms with van der Waals surface area (Å²) in [6.07, 6.45) is 2.21. The molecule has 0 aliphatic heterocycles. The number of aromatic nitrogens is 4. The van der Waals surface area contributed by atoms with Gasteiger partial charge in [-0.15, -0.1) is 11.7 Å². The van der Waals surface area contributed by atoms with E-state index in [0.29, 0.717) is 35.8 Å². The van der Waals surface area contributed by atoms with Crippen LogP contribution in [-0.4, -0.2) is 25.1 Å². The molecule has 0 aliphatic rings. The van der Waals surface area contributed by atoms with Crippen LogP contribution in [0.25, 0.3) is 17.2 Å². The molecule has 4 aromatic rings. The minimum Gasteiger partial charge on any atom is -0.326 e. The molecule has 0 fully saturated rings. The van der Waals surface area contributed by atoms with Crippen LogP contribution in [0.5, 0.6) is 0 Å². The van der Waals surface area contributed by atoms with Crippen LogP contribution in [0.3, 0.4) is 0 Å². The molecule has 0 saturated carbocycles. The van der Waals surface area contributed by atoms with Crippen molar-refractivity contribution in [2.75, 3.05) is 5.32 Å². The van der Waals surface area contributed by atoms with Crippen molar-refractivity contribution in [3.05, 3.63) is 93.3 Å². The first-order chi connectivity index (χ1) is 15.5. The second-order valence-electron chi connectivity index (χ2n) is 7.34. The summed E-state index contributed by atoms with van der Waals surface area (Å²) >= 11 is 3.37. The number of rotatable bonds is 7. The third-order valence-corrected chi connectivity index (χ3v) is 5.73. The fraction of sp³-hybridized carbons (Fsp3) is 0.167. The van der Waals surface area contributed by atoms with Gasteiger partial charge in [0.15, 0.2) is 5.82 Å². The van der Waals surface area contributed by atoms with Gasteiger partial charge in [0, 0.05) is 39.9 Å². The summed E-state index contributed by atoms with van der Waals surface area (Å²) < 4.78 is 4.15. The molecule has 32 heavy (non-hydrogen) atoms. The summed E-state index contributed by atoms with van der Waals surface area (Å²) in [5.41, 5.74) is 2.57. The monoisotopic (exact) mass is 491 g/mol. The highest BCUT2D eigenvalue weighted by Crippen LogP contribution is 2.18. The zero-order valence-electron chi connectivity index (χ0n) is 17.6. The van der Waals surface area contributed by atoms with Crippen LogP contribution >= 0.6 is 15.9 Å². The Morgan fingerprint density at radius 2 is 1.88 bits per heavy atom. The number of hydrogen-bond donors (Lipinski definition) is 1. The zero-order chi connectivity index (χ0) is 22.7. The molecule has 0 atom stereocenters. The summed E-state index contributed by atoms with van der Waals surface area (Å²) in [5, 5.41) is 7.32. The zero-order valence-corrected chi connectivity index (χ0v) is 19.2. The Bertz CT molecular complexity index is 1340. The molecule has 0 saturated heterocycles. The number of halogens is 1. The van der Waals surface area contributed by atoms with E-state index in [1.807, 2.05) is 66.1 Å². The molecule has 2 aromatic carbocycles. The first-order valence-electron chi connectivity index (χ1n) is 10.2. The van der Waals surface area contributed by atoms with Gasteiger partial charge < -0.3 is 9.88 Å². The van der Waals surface area contributed by atoms with Crippen LogP contribution in [0.2, 0.25) is 0 Å². The molecule has 0 unspecified atom stereocenters. The van der Waals surface area contributed by atoms with Crippen molar-refractivity contribution < 1.29 is 4.79 Å². The molecule has 0 radical (unpaired) electrons. The summed E-state index contributed by atoms with van der Waals surface area (Å²) in [5.74, 6) is 0.768. The topological polar surface area (TPSA) is 81.3 Å². The quantitative estimate of drug-likeness (QED) is 0.388. The van der Waals surface area contributed by atoms with Gasteiger partial charge in [-0.05, 0) is 37.6 Å². The molecular weight excluding hydrogens is 470 g/mol. The Labute approximate surface area is 193 Å². The van der Waals surface area contributed by atoms with Crippen LogP contribution in [0.4, 0.5) is 5.69 Å². The number of allylic oxidation sites excluding steroid dienone is 1. The number of amides is 1. The molecule has 0 spiro atoms. The molecule has 2 heterocycles. The predicted molar refractivity (Wildman–Crippen MR) is 129 cm³/mol. The minimum absolute atomic E-state index is 0.162. The van der Waals surface area contributed by atoms with Crippen LogP contribution in [0.15, 0.2) is 76.5 Å². The first kappa shape index (κ1) is 21.7. The second kappa shape index (κ2) is 9.32. The van der Waals surface area contributed by atoms with Crippen molar-refractivity contribution >= 4 is 33.3 Å². The van der Waals surface area contributed by atoms with Gasteiger partial charge >= 0.3 is 0 Å². The Hall–Kier alpha value is -3.52. The fourth-order valence-corrected chi connectivity index (χ4v) is 3.81. The predicted octanol–water partition coefficient (Wildman–Crippen LogP) is 4.39. The largest absolute Gasteiger partial charge is 0.326 e. The van der Waals surface area contributed by atoms with Gasteiger partial charge in [-0.3, -0.25) is 9.59 Å². The summed E-state index contributed by atoms with van der Waals surface area (Å²) in [6, 6.07) is 16.9. The van der Waals surface area contributed by atoms with E-state index >= 15 is 0 Å². The van der Waals surface area contributed by atoms with Crippen molar-refractivity contribution in [2.45, 2.75) is 26.3 Å². The van der Waals surface area contributed by atoms with Gasteiger partial charge in [-0.1, -0.05) is 52.3 Å². The van der Waals surface area contributed by atoms with E-state index in [9.17, 15) is 9.59 Å². The highest BCUT2D eigenvalue weighted by atomic mass is 79.9. The van der Waals surface area contributed by atoms with E-state index in [1.54, 1.807) is 6.08 Å². The lowest BCUT2D eigenvalue weighted by Crippen LogP contribution is -2.27. The van der Waals surface area contributed by atoms with E-state index in [4.69, 9.17) is 0 Å². The molecule has 162 valence electrons. The average Bonchev–Trinajstić information content (AvgIpc) is 3.24. The van der Waals surface area contributed by atoms with Crippen molar-refractivity contribution in [2.24, 2.45) is 0 Å². The molecule has 1 amide bonds. The van der Waals surface area contributed by atoms with Crippen LogP contribution < -0.4 is 10.9 Å². The minimum atomic E-state index is -0.260. The lowest BCUT2D eigenvalue weighted by Gasteiger charge is -2.14. The lowest BCUT2D eigenvalue weighted by atomic mass is 10.1. The smallest absolute Gasteiger partial charge is 0.279 e. The molecule has 1 N–H and O–H groups in total. The summed E-state index contributed by atoms with van der Waals surface area (Å²) in [6.45, 7) is 6.16. The number of fused-ring (bicyclic) bond motifs is 1. The van der Waals surface area contributed by atoms with Crippen molar-refractivity contribution in [1.82, 2.24) is 19.2 Å². The Balaban J connectivity index is 1.66. The fourth-order valence-electron chi connectivity index (χ4n) is 3.55. The van der Waals surface area contributed by atoms with Crippen molar-refractivity contribution in [3.63, 3.8) is 0 Å². The Kier molecular flexibility index (Phi) is 6.32. The van der Waals surface area contributed by atoms with Crippen molar-refractivity contribution in [3.8, 4) is 11.4 Å². The molecule has 0 bridgehead atoms. The third kappa shape index (κ3) is 4.40. The van der Waals surface area contributed by atoms with Crippen molar-refractivity contribution in [1.29, 1.82) is 0 Å². The average molecular weight is 492 g/mol. The molecule has 8 heteroatoms. The summed E-state index contributed by atoms with van der Waals surface area (Å²) in [4.78, 5) is 30.3. The van der Waals surface area contributed by atoms with Gasteiger partial charge in [0.1, 0.15) is 0 Å². The summed E-state index contributed by atoms with van der Waals surface area (Å²) in [7, 11) is 0. The van der Waals surface area contributed by atoms with Crippen LogP contribution in [-0.2, 0) is 17.8 Å². The number of nitrogens with zero attached hydrogens (tertiary/aromatic N) is 4. The maximum atomic E-state index is 13.2. The standard InChI is InChI=1S/C24H22BrN5O2/c1-3-15-29-16(2)20(13-14-21(31)26-19-11-9-18(25)10-12-19)23(32)30-24(29)27-22(28-30)17-7-5-4-6-8-17/h3-12H,1,13-15H2,2H3,(H,26,31). The maximum absolute atomic E-state index is 13.2. The van der Waals surface area contributed by atoms with E-state index < -0.39 is 0 Å². The Morgan fingerprint density at radius 3 is 2.56 bits per heavy atom. The van der Waals surface area contributed by atoms with Crippen LogP contribution in [0.1, 0.15) is 17.7 Å². The van der Waals surface area contributed by atoms with Crippen LogP contribution in [0, 0.1) is 6.92 Å². The molecular formula is C24H22BrN5O2. The van der Waals surface area contributed by atoms with Gasteiger partial charge in [0.2, 0.25) is 11.7 Å². The number of carbonyl (C=O) groups is 1. The maximum Gasteiger partial charge on any atom is 0.279 e. The third-order valence-electron chi connectivity index (χ3n) is 5.20. The van der Waals surface area contributed by atoms with E-state index in [0.717, 1.165) is 15.7 Å². The SMILES string of the molecule is C=CCn1c(C)c(CCC(=O)Nc2ccc(Br)cc2)c(=O)n2nc(-c3ccccc3)nc12. The number of carbonyl (C=O) groups excluding carboxylic acids is 1. The van der Waals surface area contributed by atoms with Gasteiger partial charge in [-0.2, -0.15) is 9.50 Å². The normalized spacial score (nSPS) is 10.9. The number of hydrogen-bond acceptors (Lipinski definition) is 4. The number of nitrogens with one attached hydrogen (secondary N) is 1. The Morgan fingerprint density at radius 1 is 1.16 bits per heavy atom. The highest BCUT2D eigenvalue weighted by Gasteiger charge is 2.19.